The van der Waals surface area contributed by atoms with Crippen LogP contribution >= 0.6 is 11.3 Å². The van der Waals surface area contributed by atoms with Gasteiger partial charge in [-0.05, 0) is 42.6 Å². The summed E-state index contributed by atoms with van der Waals surface area (Å²) < 4.78 is 6.39. The molecule has 130 valence electrons. The monoisotopic (exact) mass is 365 g/mol. The molecular weight excluding hydrogens is 350 g/mol. The molecule has 0 unspecified atom stereocenters. The van der Waals surface area contributed by atoms with E-state index >= 15 is 0 Å². The number of aromatic amines is 1. The highest BCUT2D eigenvalue weighted by molar-refractivity contribution is 7.22. The maximum absolute atomic E-state index is 12.5. The molecule has 0 aliphatic carbocycles. The Kier molecular flexibility index (Phi) is 4.14. The van der Waals surface area contributed by atoms with E-state index in [1.165, 1.54) is 11.3 Å². The van der Waals surface area contributed by atoms with Gasteiger partial charge in [-0.2, -0.15) is 0 Å². The maximum atomic E-state index is 12.5. The first kappa shape index (κ1) is 16.3. The minimum absolute atomic E-state index is 0.197. The lowest BCUT2D eigenvalue weighted by Crippen LogP contribution is -2.18. The predicted octanol–water partition coefficient (Wildman–Crippen LogP) is 3.79. The van der Waals surface area contributed by atoms with Crippen LogP contribution in [0.1, 0.15) is 17.4 Å². The highest BCUT2D eigenvalue weighted by Crippen LogP contribution is 2.29. The normalized spacial score (nSPS) is 11.0. The fourth-order valence-electron chi connectivity index (χ4n) is 2.71. The SMILES string of the molecule is CCOc1ccc2nc(NC(=O)c3cc4ccccc4c(=O)[nH]3)sc2c1. The number of thiazole rings is 1. The van der Waals surface area contributed by atoms with Gasteiger partial charge >= 0.3 is 0 Å². The summed E-state index contributed by atoms with van der Waals surface area (Å²) in [6.45, 7) is 2.51. The molecule has 7 heteroatoms. The van der Waals surface area contributed by atoms with Crippen molar-refractivity contribution in [2.24, 2.45) is 0 Å². The zero-order valence-corrected chi connectivity index (χ0v) is 14.7. The Hall–Kier alpha value is -3.19. The van der Waals surface area contributed by atoms with Gasteiger partial charge in [0, 0.05) is 5.39 Å². The molecule has 4 rings (SSSR count). The fourth-order valence-corrected chi connectivity index (χ4v) is 3.60. The Morgan fingerprint density at radius 2 is 2.08 bits per heavy atom. The summed E-state index contributed by atoms with van der Waals surface area (Å²) in [6.07, 6.45) is 0. The van der Waals surface area contributed by atoms with E-state index in [2.05, 4.69) is 15.3 Å². The van der Waals surface area contributed by atoms with E-state index in [1.807, 2.05) is 31.2 Å². The Bertz CT molecular complexity index is 1180. The van der Waals surface area contributed by atoms with Gasteiger partial charge in [-0.15, -0.1) is 0 Å². The molecule has 0 aliphatic heterocycles. The topological polar surface area (TPSA) is 84.1 Å². The Balaban J connectivity index is 1.63. The second kappa shape index (κ2) is 6.61. The lowest BCUT2D eigenvalue weighted by molar-refractivity contribution is 0.102. The molecule has 0 spiro atoms. The number of nitrogens with one attached hydrogen (secondary N) is 2. The molecule has 2 N–H and O–H groups in total. The van der Waals surface area contributed by atoms with Crippen molar-refractivity contribution in [2.75, 3.05) is 11.9 Å². The van der Waals surface area contributed by atoms with Gasteiger partial charge in [-0.1, -0.05) is 29.5 Å². The third-order valence-electron chi connectivity index (χ3n) is 3.89. The molecule has 4 aromatic rings. The number of ether oxygens (including phenoxy) is 1. The smallest absolute Gasteiger partial charge is 0.273 e. The molecule has 26 heavy (non-hydrogen) atoms. The van der Waals surface area contributed by atoms with Gasteiger partial charge in [-0.25, -0.2) is 4.98 Å². The molecule has 2 heterocycles. The van der Waals surface area contributed by atoms with Crippen molar-refractivity contribution in [3.63, 3.8) is 0 Å². The molecule has 0 bridgehead atoms. The van der Waals surface area contributed by atoms with E-state index in [9.17, 15) is 9.59 Å². The first-order valence-electron chi connectivity index (χ1n) is 8.11. The van der Waals surface area contributed by atoms with Crippen LogP contribution in [-0.2, 0) is 0 Å². The summed E-state index contributed by atoms with van der Waals surface area (Å²) in [6, 6.07) is 14.4. The van der Waals surface area contributed by atoms with E-state index < -0.39 is 5.91 Å². The van der Waals surface area contributed by atoms with Gasteiger partial charge < -0.3 is 9.72 Å². The molecule has 0 saturated carbocycles. The number of hydrogen-bond donors (Lipinski definition) is 2. The van der Waals surface area contributed by atoms with Crippen LogP contribution in [0.25, 0.3) is 21.0 Å². The standard InChI is InChI=1S/C19H15N3O3S/c1-2-25-12-7-8-14-16(10-12)26-19(21-14)22-18(24)15-9-11-5-3-4-6-13(11)17(23)20-15/h3-10H,2H2,1H3,(H,20,23)(H,21,22,24). The molecule has 0 saturated heterocycles. The number of benzene rings is 2. The highest BCUT2D eigenvalue weighted by atomic mass is 32.1. The van der Waals surface area contributed by atoms with Crippen molar-refractivity contribution in [2.45, 2.75) is 6.92 Å². The molecule has 2 aromatic heterocycles. The van der Waals surface area contributed by atoms with Crippen molar-refractivity contribution in [3.8, 4) is 5.75 Å². The van der Waals surface area contributed by atoms with E-state index in [-0.39, 0.29) is 11.3 Å². The Labute approximate surface area is 152 Å². The molecule has 1 amide bonds. The number of hydrogen-bond acceptors (Lipinski definition) is 5. The molecule has 0 aliphatic rings. The van der Waals surface area contributed by atoms with Crippen LogP contribution in [0.5, 0.6) is 5.75 Å². The number of pyridine rings is 1. The minimum Gasteiger partial charge on any atom is -0.494 e. The first-order valence-corrected chi connectivity index (χ1v) is 8.92. The van der Waals surface area contributed by atoms with Crippen LogP contribution in [-0.4, -0.2) is 22.5 Å². The van der Waals surface area contributed by atoms with E-state index in [0.29, 0.717) is 22.5 Å². The van der Waals surface area contributed by atoms with Gasteiger partial charge in [0.05, 0.1) is 16.8 Å². The minimum atomic E-state index is -0.406. The number of aromatic nitrogens is 2. The van der Waals surface area contributed by atoms with Gasteiger partial charge in [0.15, 0.2) is 5.13 Å². The predicted molar refractivity (Wildman–Crippen MR) is 103 cm³/mol. The van der Waals surface area contributed by atoms with Gasteiger partial charge in [0.25, 0.3) is 11.5 Å². The zero-order chi connectivity index (χ0) is 18.1. The van der Waals surface area contributed by atoms with E-state index in [4.69, 9.17) is 4.74 Å². The van der Waals surface area contributed by atoms with Crippen LogP contribution < -0.4 is 15.6 Å². The maximum Gasteiger partial charge on any atom is 0.273 e. The van der Waals surface area contributed by atoms with Crippen LogP contribution in [0.2, 0.25) is 0 Å². The average molecular weight is 365 g/mol. The number of fused-ring (bicyclic) bond motifs is 2. The summed E-state index contributed by atoms with van der Waals surface area (Å²) in [5.74, 6) is 0.359. The quantitative estimate of drug-likeness (QED) is 0.576. The fraction of sp³-hybridized carbons (Fsp3) is 0.105. The van der Waals surface area contributed by atoms with Crippen molar-refractivity contribution >= 4 is 43.4 Å². The van der Waals surface area contributed by atoms with Crippen LogP contribution in [0.4, 0.5) is 5.13 Å². The number of carbonyl (C=O) groups excluding carboxylic acids is 1. The van der Waals surface area contributed by atoms with Crippen molar-refractivity contribution in [1.29, 1.82) is 0 Å². The molecule has 6 nitrogen and oxygen atoms in total. The molecule has 0 atom stereocenters. The number of rotatable bonds is 4. The number of anilines is 1. The second-order valence-corrected chi connectivity index (χ2v) is 6.67. The molecule has 0 fully saturated rings. The van der Waals surface area contributed by atoms with Crippen LogP contribution in [0.15, 0.2) is 53.3 Å². The Morgan fingerprint density at radius 1 is 1.23 bits per heavy atom. The lowest BCUT2D eigenvalue weighted by atomic mass is 10.1. The number of amides is 1. The third-order valence-corrected chi connectivity index (χ3v) is 4.82. The summed E-state index contributed by atoms with van der Waals surface area (Å²) in [7, 11) is 0. The summed E-state index contributed by atoms with van der Waals surface area (Å²) in [5.41, 5.74) is 0.683. The third kappa shape index (κ3) is 3.04. The summed E-state index contributed by atoms with van der Waals surface area (Å²) in [5, 5.41) is 4.48. The van der Waals surface area contributed by atoms with Crippen LogP contribution in [0, 0.1) is 0 Å². The first-order chi connectivity index (χ1) is 12.6. The van der Waals surface area contributed by atoms with Gasteiger partial charge in [0.2, 0.25) is 0 Å². The van der Waals surface area contributed by atoms with Crippen LogP contribution in [0.3, 0.4) is 0 Å². The molecule has 0 radical (unpaired) electrons. The van der Waals surface area contributed by atoms with Gasteiger partial charge in [-0.3, -0.25) is 14.9 Å². The largest absolute Gasteiger partial charge is 0.494 e. The zero-order valence-electron chi connectivity index (χ0n) is 13.9. The Morgan fingerprint density at radius 3 is 2.92 bits per heavy atom. The van der Waals surface area contributed by atoms with Crippen molar-refractivity contribution in [3.05, 3.63) is 64.6 Å². The number of nitrogens with zero attached hydrogens (tertiary/aromatic N) is 1. The highest BCUT2D eigenvalue weighted by Gasteiger charge is 2.13. The molecule has 2 aromatic carbocycles. The average Bonchev–Trinajstić information content (AvgIpc) is 3.03. The second-order valence-electron chi connectivity index (χ2n) is 5.64. The van der Waals surface area contributed by atoms with Gasteiger partial charge in [0.1, 0.15) is 11.4 Å². The number of carbonyl (C=O) groups is 1. The van der Waals surface area contributed by atoms with E-state index in [1.54, 1.807) is 24.3 Å². The van der Waals surface area contributed by atoms with Crippen molar-refractivity contribution < 1.29 is 9.53 Å². The molecular formula is C19H15N3O3S. The van der Waals surface area contributed by atoms with E-state index in [0.717, 1.165) is 16.0 Å². The number of H-pyrrole nitrogens is 1. The van der Waals surface area contributed by atoms with Crippen molar-refractivity contribution in [1.82, 2.24) is 9.97 Å². The lowest BCUT2D eigenvalue weighted by Gasteiger charge is -2.03. The summed E-state index contributed by atoms with van der Waals surface area (Å²) >= 11 is 1.35. The summed E-state index contributed by atoms with van der Waals surface area (Å²) in [4.78, 5) is 31.7.